The van der Waals surface area contributed by atoms with Gasteiger partial charge in [-0.15, -0.1) is 11.3 Å². The molecule has 3 aromatic rings. The molecule has 0 amide bonds. The number of hydrazine groups is 1. The van der Waals surface area contributed by atoms with Crippen LogP contribution < -0.4 is 10.4 Å². The lowest BCUT2D eigenvalue weighted by atomic mass is 10.1. The summed E-state index contributed by atoms with van der Waals surface area (Å²) in [6.45, 7) is 0. The first-order valence-electron chi connectivity index (χ1n) is 7.99. The number of allylic oxidation sites excluding steroid dienone is 1. The Balaban J connectivity index is 1.65. The molecule has 0 fully saturated rings. The maximum atomic E-state index is 3.53. The number of para-hydroxylation sites is 1. The van der Waals surface area contributed by atoms with Crippen LogP contribution in [0.4, 0.5) is 5.69 Å². The molecule has 1 atom stereocenters. The highest BCUT2D eigenvalue weighted by atomic mass is 32.1. The van der Waals surface area contributed by atoms with Gasteiger partial charge in [0, 0.05) is 4.88 Å². The van der Waals surface area contributed by atoms with Crippen LogP contribution in [0, 0.1) is 0 Å². The summed E-state index contributed by atoms with van der Waals surface area (Å²) in [6, 6.07) is 25.4. The summed E-state index contributed by atoms with van der Waals surface area (Å²) in [5.41, 5.74) is 7.07. The summed E-state index contributed by atoms with van der Waals surface area (Å²) < 4.78 is 0. The van der Waals surface area contributed by atoms with E-state index in [1.807, 2.05) is 6.07 Å². The van der Waals surface area contributed by atoms with Crippen LogP contribution in [0.1, 0.15) is 16.5 Å². The highest BCUT2D eigenvalue weighted by molar-refractivity contribution is 7.10. The average Bonchev–Trinajstić information content (AvgIpc) is 3.31. The zero-order valence-electron chi connectivity index (χ0n) is 13.2. The standard InChI is InChI=1S/C21H18N2S/c1-3-8-17(9-4-1)21-16-18(13-14-20-12-7-15-24-20)22-23(21)19-10-5-2-6-11-19/h1-16,21-22H. The molecule has 3 heteroatoms. The van der Waals surface area contributed by atoms with E-state index in [0.29, 0.717) is 0 Å². The van der Waals surface area contributed by atoms with Gasteiger partial charge in [0.15, 0.2) is 0 Å². The lowest BCUT2D eigenvalue weighted by molar-refractivity contribution is 0.710. The second kappa shape index (κ2) is 6.77. The van der Waals surface area contributed by atoms with Gasteiger partial charge in [0.25, 0.3) is 0 Å². The molecule has 2 nitrogen and oxygen atoms in total. The van der Waals surface area contributed by atoms with Gasteiger partial charge in [0.1, 0.15) is 0 Å². The average molecular weight is 330 g/mol. The van der Waals surface area contributed by atoms with E-state index >= 15 is 0 Å². The van der Waals surface area contributed by atoms with Gasteiger partial charge in [-0.25, -0.2) is 0 Å². The normalized spacial score (nSPS) is 17.1. The van der Waals surface area contributed by atoms with Crippen LogP contribution >= 0.6 is 11.3 Å². The van der Waals surface area contributed by atoms with E-state index in [4.69, 9.17) is 0 Å². The fourth-order valence-electron chi connectivity index (χ4n) is 2.85. The maximum absolute atomic E-state index is 3.53. The molecule has 0 bridgehead atoms. The van der Waals surface area contributed by atoms with Crippen LogP contribution in [0.15, 0.2) is 96.0 Å². The van der Waals surface area contributed by atoms with Crippen molar-refractivity contribution in [3.05, 3.63) is 106 Å². The van der Waals surface area contributed by atoms with Crippen molar-refractivity contribution in [3.8, 4) is 0 Å². The molecule has 118 valence electrons. The SMILES string of the molecule is C(=Cc1cccs1)C1=CC(c2ccccc2)N(c2ccccc2)N1. The summed E-state index contributed by atoms with van der Waals surface area (Å²) in [4.78, 5) is 1.26. The van der Waals surface area contributed by atoms with Gasteiger partial charge < -0.3 is 0 Å². The third-order valence-corrected chi connectivity index (χ3v) is 4.85. The maximum Gasteiger partial charge on any atom is 0.0958 e. The van der Waals surface area contributed by atoms with Crippen molar-refractivity contribution in [1.82, 2.24) is 5.43 Å². The fourth-order valence-corrected chi connectivity index (χ4v) is 3.47. The lowest BCUT2D eigenvalue weighted by Crippen LogP contribution is -2.33. The van der Waals surface area contributed by atoms with Crippen LogP contribution in [0.3, 0.4) is 0 Å². The van der Waals surface area contributed by atoms with Gasteiger partial charge in [-0.1, -0.05) is 54.6 Å². The van der Waals surface area contributed by atoms with Crippen molar-refractivity contribution in [2.45, 2.75) is 6.04 Å². The van der Waals surface area contributed by atoms with Crippen LogP contribution in [-0.2, 0) is 0 Å². The lowest BCUT2D eigenvalue weighted by Gasteiger charge is -2.27. The molecule has 0 saturated heterocycles. The summed E-state index contributed by atoms with van der Waals surface area (Å²) in [7, 11) is 0. The summed E-state index contributed by atoms with van der Waals surface area (Å²) in [6.07, 6.45) is 6.57. The molecular weight excluding hydrogens is 312 g/mol. The van der Waals surface area contributed by atoms with E-state index in [1.54, 1.807) is 11.3 Å². The number of rotatable bonds is 4. The van der Waals surface area contributed by atoms with E-state index in [-0.39, 0.29) is 6.04 Å². The molecule has 0 saturated carbocycles. The molecule has 1 aromatic heterocycles. The molecule has 2 aromatic carbocycles. The largest absolute Gasteiger partial charge is 0.298 e. The third-order valence-electron chi connectivity index (χ3n) is 4.01. The van der Waals surface area contributed by atoms with E-state index in [1.165, 1.54) is 10.4 Å². The molecule has 0 spiro atoms. The number of nitrogens with one attached hydrogen (secondary N) is 1. The second-order valence-electron chi connectivity index (χ2n) is 5.64. The van der Waals surface area contributed by atoms with Gasteiger partial charge in [0.05, 0.1) is 17.4 Å². The van der Waals surface area contributed by atoms with E-state index in [2.05, 4.69) is 101 Å². The van der Waals surface area contributed by atoms with Crippen molar-refractivity contribution in [1.29, 1.82) is 0 Å². The smallest absolute Gasteiger partial charge is 0.0958 e. The Hall–Kier alpha value is -2.78. The summed E-state index contributed by atoms with van der Waals surface area (Å²) >= 11 is 1.75. The van der Waals surface area contributed by atoms with Crippen molar-refractivity contribution in [3.63, 3.8) is 0 Å². The first-order chi connectivity index (χ1) is 11.9. The number of thiophene rings is 1. The Kier molecular flexibility index (Phi) is 4.17. The molecule has 0 radical (unpaired) electrons. The number of nitrogens with zero attached hydrogens (tertiary/aromatic N) is 1. The topological polar surface area (TPSA) is 15.3 Å². The Morgan fingerprint density at radius 2 is 1.58 bits per heavy atom. The van der Waals surface area contributed by atoms with E-state index < -0.39 is 0 Å². The van der Waals surface area contributed by atoms with Gasteiger partial charge in [0.2, 0.25) is 0 Å². The van der Waals surface area contributed by atoms with Crippen molar-refractivity contribution in [2.24, 2.45) is 0 Å². The molecule has 24 heavy (non-hydrogen) atoms. The van der Waals surface area contributed by atoms with E-state index in [0.717, 1.165) is 11.4 Å². The predicted octanol–water partition coefficient (Wildman–Crippen LogP) is 5.41. The zero-order chi connectivity index (χ0) is 16.2. The highest BCUT2D eigenvalue weighted by Gasteiger charge is 2.25. The van der Waals surface area contributed by atoms with Crippen LogP contribution in [0.25, 0.3) is 6.08 Å². The molecule has 1 N–H and O–H groups in total. The third kappa shape index (κ3) is 3.12. The van der Waals surface area contributed by atoms with Crippen molar-refractivity contribution < 1.29 is 0 Å². The minimum atomic E-state index is 0.177. The van der Waals surface area contributed by atoms with E-state index in [9.17, 15) is 0 Å². The van der Waals surface area contributed by atoms with Gasteiger partial charge in [-0.2, -0.15) is 0 Å². The Morgan fingerprint density at radius 1 is 0.833 bits per heavy atom. The number of hydrogen-bond donors (Lipinski definition) is 1. The minimum Gasteiger partial charge on any atom is -0.298 e. The quantitative estimate of drug-likeness (QED) is 0.688. The van der Waals surface area contributed by atoms with Crippen LogP contribution in [0.5, 0.6) is 0 Å². The minimum absolute atomic E-state index is 0.177. The molecule has 4 rings (SSSR count). The first-order valence-corrected chi connectivity index (χ1v) is 8.87. The number of anilines is 1. The Labute approximate surface area is 146 Å². The molecular formula is C21H18N2S. The predicted molar refractivity (Wildman–Crippen MR) is 103 cm³/mol. The number of benzene rings is 2. The van der Waals surface area contributed by atoms with Crippen LogP contribution in [0.2, 0.25) is 0 Å². The molecule has 1 unspecified atom stereocenters. The zero-order valence-corrected chi connectivity index (χ0v) is 14.0. The van der Waals surface area contributed by atoms with Gasteiger partial charge >= 0.3 is 0 Å². The summed E-state index contributed by atoms with van der Waals surface area (Å²) in [5, 5.41) is 4.31. The number of hydrogen-bond acceptors (Lipinski definition) is 3. The first kappa shape index (κ1) is 14.8. The summed E-state index contributed by atoms with van der Waals surface area (Å²) in [5.74, 6) is 0. The van der Waals surface area contributed by atoms with Crippen molar-refractivity contribution in [2.75, 3.05) is 5.01 Å². The monoisotopic (exact) mass is 330 g/mol. The highest BCUT2D eigenvalue weighted by Crippen LogP contribution is 2.32. The molecule has 2 heterocycles. The van der Waals surface area contributed by atoms with Gasteiger partial charge in [-0.3, -0.25) is 10.4 Å². The van der Waals surface area contributed by atoms with Crippen molar-refractivity contribution >= 4 is 23.1 Å². The second-order valence-corrected chi connectivity index (χ2v) is 6.62. The van der Waals surface area contributed by atoms with Gasteiger partial charge in [-0.05, 0) is 47.4 Å². The fraction of sp³-hybridized carbons (Fsp3) is 0.0476. The Morgan fingerprint density at radius 3 is 2.29 bits per heavy atom. The Bertz CT molecular complexity index is 836. The molecule has 0 aliphatic carbocycles. The molecule has 1 aliphatic rings. The molecule has 1 aliphatic heterocycles. The van der Waals surface area contributed by atoms with Crippen LogP contribution in [-0.4, -0.2) is 0 Å².